The molecule has 1 aliphatic rings. The Bertz CT molecular complexity index is 2480. The summed E-state index contributed by atoms with van der Waals surface area (Å²) in [5.41, 5.74) is 18.7. The van der Waals surface area contributed by atoms with E-state index in [1.807, 2.05) is 92.7 Å². The lowest BCUT2D eigenvalue weighted by Gasteiger charge is -2.27. The zero-order valence-electron chi connectivity index (χ0n) is 37.4. The van der Waals surface area contributed by atoms with E-state index in [0.717, 1.165) is 29.2 Å². The van der Waals surface area contributed by atoms with Crippen molar-refractivity contribution in [3.63, 3.8) is 0 Å². The highest BCUT2D eigenvalue weighted by molar-refractivity contribution is 5.80. The minimum absolute atomic E-state index is 0.0857. The summed E-state index contributed by atoms with van der Waals surface area (Å²) >= 11 is 0. The van der Waals surface area contributed by atoms with Gasteiger partial charge in [-0.05, 0) is 99.8 Å². The first-order valence-corrected chi connectivity index (χ1v) is 21.9. The van der Waals surface area contributed by atoms with Gasteiger partial charge in [0.15, 0.2) is 0 Å². The van der Waals surface area contributed by atoms with E-state index in [0.29, 0.717) is 5.92 Å². The molecule has 0 saturated carbocycles. The van der Waals surface area contributed by atoms with Crippen molar-refractivity contribution < 1.29 is 0 Å². The predicted molar refractivity (Wildman–Crippen MR) is 278 cm³/mol. The Morgan fingerprint density at radius 1 is 0.556 bits per heavy atom. The molecular weight excluding hydrogens is 761 g/mol. The first-order valence-electron chi connectivity index (χ1n) is 21.9. The van der Waals surface area contributed by atoms with Crippen LogP contribution in [-0.2, 0) is 0 Å². The lowest BCUT2D eigenvalue weighted by atomic mass is 9.77. The summed E-state index contributed by atoms with van der Waals surface area (Å²) in [4.78, 5) is 2.26. The van der Waals surface area contributed by atoms with Crippen LogP contribution in [0.25, 0.3) is 33.9 Å². The fourth-order valence-corrected chi connectivity index (χ4v) is 6.93. The molecule has 0 aromatic heterocycles. The molecule has 0 fully saturated rings. The van der Waals surface area contributed by atoms with Crippen LogP contribution >= 0.6 is 0 Å². The van der Waals surface area contributed by atoms with E-state index < -0.39 is 0 Å². The number of anilines is 4. The SMILES string of the molecule is C=C/C=C\C(C)C(C)(C=C)/C=C\c1ccc(-c2ccccc2)cc1.CC.Nc1ccc(N(c2ccc(C3=CC=CC3)cc2)c2ccc(-c3ccccc3)cc2)cc1.c1ccccc1. The molecule has 0 heterocycles. The molecule has 63 heavy (non-hydrogen) atoms. The van der Waals surface area contributed by atoms with Gasteiger partial charge in [-0.2, -0.15) is 0 Å². The summed E-state index contributed by atoms with van der Waals surface area (Å²) in [5, 5.41) is 0. The van der Waals surface area contributed by atoms with E-state index in [1.54, 1.807) is 0 Å². The Kier molecular flexibility index (Phi) is 18.3. The molecule has 2 nitrogen and oxygen atoms in total. The molecule has 1 aliphatic carbocycles. The van der Waals surface area contributed by atoms with Crippen LogP contribution in [0.3, 0.4) is 0 Å². The third-order valence-corrected chi connectivity index (χ3v) is 10.9. The van der Waals surface area contributed by atoms with Crippen molar-refractivity contribution in [2.45, 2.75) is 34.1 Å². The predicted octanol–water partition coefficient (Wildman–Crippen LogP) is 17.4. The monoisotopic (exact) mass is 822 g/mol. The number of benzene rings is 7. The van der Waals surface area contributed by atoms with E-state index >= 15 is 0 Å². The van der Waals surface area contributed by atoms with Gasteiger partial charge >= 0.3 is 0 Å². The molecule has 0 radical (unpaired) electrons. The minimum Gasteiger partial charge on any atom is -0.399 e. The average Bonchev–Trinajstić information content (AvgIpc) is 3.91. The molecule has 0 saturated heterocycles. The highest BCUT2D eigenvalue weighted by atomic mass is 15.1. The molecule has 0 spiro atoms. The van der Waals surface area contributed by atoms with Crippen molar-refractivity contribution >= 4 is 34.4 Å². The number of rotatable bonds is 12. The Labute approximate surface area is 378 Å². The summed E-state index contributed by atoms with van der Waals surface area (Å²) in [6, 6.07) is 67.1. The van der Waals surface area contributed by atoms with Crippen LogP contribution in [0.2, 0.25) is 0 Å². The zero-order chi connectivity index (χ0) is 44.7. The van der Waals surface area contributed by atoms with Crippen molar-refractivity contribution in [3.05, 3.63) is 267 Å². The summed E-state index contributed by atoms with van der Waals surface area (Å²) in [5.74, 6) is 0.354. The van der Waals surface area contributed by atoms with Crippen LogP contribution in [0, 0.1) is 11.3 Å². The van der Waals surface area contributed by atoms with Crippen molar-refractivity contribution in [2.24, 2.45) is 11.3 Å². The van der Waals surface area contributed by atoms with Gasteiger partial charge in [-0.25, -0.2) is 0 Å². The van der Waals surface area contributed by atoms with Crippen LogP contribution in [-0.4, -0.2) is 0 Å². The molecule has 0 bridgehead atoms. The van der Waals surface area contributed by atoms with Crippen molar-refractivity contribution in [1.82, 2.24) is 0 Å². The molecule has 2 unspecified atom stereocenters. The van der Waals surface area contributed by atoms with E-state index in [2.05, 4.69) is 202 Å². The highest BCUT2D eigenvalue weighted by Gasteiger charge is 2.22. The van der Waals surface area contributed by atoms with Crippen molar-refractivity contribution in [1.29, 1.82) is 0 Å². The van der Waals surface area contributed by atoms with Gasteiger partial charge in [0.05, 0.1) is 0 Å². The van der Waals surface area contributed by atoms with Crippen LogP contribution in [0.15, 0.2) is 256 Å². The topological polar surface area (TPSA) is 29.3 Å². The lowest BCUT2D eigenvalue weighted by molar-refractivity contribution is 0.426. The third-order valence-electron chi connectivity index (χ3n) is 10.9. The van der Waals surface area contributed by atoms with E-state index in [9.17, 15) is 0 Å². The maximum atomic E-state index is 5.95. The first kappa shape index (κ1) is 46.6. The third kappa shape index (κ3) is 13.8. The molecule has 7 aromatic rings. The van der Waals surface area contributed by atoms with Gasteiger partial charge in [0.25, 0.3) is 0 Å². The number of hydrogen-bond acceptors (Lipinski definition) is 2. The fourth-order valence-electron chi connectivity index (χ4n) is 6.93. The standard InChI is InChI=1S/C29H24N2.C24H26.C6H6.C2H6/c30-26-14-20-29(21-15-26)31(28-18-12-25(13-19-28)23-8-4-5-9-23)27-16-10-24(11-17-27)22-6-2-1-3-7-22;1-5-7-11-20(3)24(4,6-2)19-18-21-14-16-23(17-15-21)22-12-9-8-10-13-22;1-2-4-6-5-3-1;1-2/h1-8,10-21H,9,30H2;5-20H,1-2H2,3-4H3;1-6H;1-2H3/b;11-7-,19-18-;;. The Balaban J connectivity index is 0.000000207. The van der Waals surface area contributed by atoms with E-state index in [-0.39, 0.29) is 5.41 Å². The Morgan fingerprint density at radius 3 is 1.40 bits per heavy atom. The van der Waals surface area contributed by atoms with Gasteiger partial charge in [0, 0.05) is 28.2 Å². The van der Waals surface area contributed by atoms with Crippen LogP contribution in [0.1, 0.15) is 45.2 Å². The molecule has 316 valence electrons. The second kappa shape index (κ2) is 24.7. The molecule has 2 N–H and O–H groups in total. The summed E-state index contributed by atoms with van der Waals surface area (Å²) in [6.07, 6.45) is 19.9. The van der Waals surface area contributed by atoms with Crippen LogP contribution in [0.4, 0.5) is 22.7 Å². The van der Waals surface area contributed by atoms with Crippen LogP contribution in [0.5, 0.6) is 0 Å². The minimum atomic E-state index is -0.0857. The number of nitrogens with two attached hydrogens (primary N) is 1. The van der Waals surface area contributed by atoms with Gasteiger partial charge in [-0.3, -0.25) is 0 Å². The van der Waals surface area contributed by atoms with Crippen molar-refractivity contribution in [3.8, 4) is 22.3 Å². The van der Waals surface area contributed by atoms with Gasteiger partial charge in [0.2, 0.25) is 0 Å². The largest absolute Gasteiger partial charge is 0.399 e. The first-order chi connectivity index (χ1) is 30.9. The number of hydrogen-bond donors (Lipinski definition) is 1. The number of allylic oxidation sites excluding steroid dienone is 9. The second-order valence-electron chi connectivity index (χ2n) is 15.2. The normalized spacial score (nSPS) is 12.9. The highest BCUT2D eigenvalue weighted by Crippen LogP contribution is 2.37. The van der Waals surface area contributed by atoms with Gasteiger partial charge in [-0.1, -0.05) is 235 Å². The van der Waals surface area contributed by atoms with Gasteiger partial charge in [-0.15, -0.1) is 6.58 Å². The van der Waals surface area contributed by atoms with Gasteiger partial charge in [0.1, 0.15) is 0 Å². The number of nitrogens with zero attached hydrogens (tertiary/aromatic N) is 1. The smallest absolute Gasteiger partial charge is 0.0463 e. The Hall–Kier alpha value is -7.42. The van der Waals surface area contributed by atoms with Crippen LogP contribution < -0.4 is 10.6 Å². The van der Waals surface area contributed by atoms with Gasteiger partial charge < -0.3 is 10.6 Å². The molecule has 7 aromatic carbocycles. The summed E-state index contributed by atoms with van der Waals surface area (Å²) < 4.78 is 0. The molecule has 2 heteroatoms. The molecule has 0 amide bonds. The van der Waals surface area contributed by atoms with Crippen molar-refractivity contribution in [2.75, 3.05) is 10.6 Å². The zero-order valence-corrected chi connectivity index (χ0v) is 37.4. The lowest BCUT2D eigenvalue weighted by Crippen LogP contribution is -2.18. The van der Waals surface area contributed by atoms with E-state index in [4.69, 9.17) is 5.73 Å². The fraction of sp³-hybridized carbons (Fsp3) is 0.115. The molecule has 0 aliphatic heterocycles. The maximum Gasteiger partial charge on any atom is 0.0463 e. The summed E-state index contributed by atoms with van der Waals surface area (Å²) in [6.45, 7) is 16.2. The van der Waals surface area contributed by atoms with E-state index in [1.165, 1.54) is 39.0 Å². The molecule has 8 rings (SSSR count). The second-order valence-corrected chi connectivity index (χ2v) is 15.2. The maximum absolute atomic E-state index is 5.95. The quantitative estimate of drug-likeness (QED) is 0.0756. The Morgan fingerprint density at radius 2 is 0.968 bits per heavy atom. The average molecular weight is 823 g/mol. The summed E-state index contributed by atoms with van der Waals surface area (Å²) in [7, 11) is 0. The molecule has 2 atom stereocenters. The molecular formula is C61H62N2. The number of nitrogen functional groups attached to an aromatic ring is 1.